The van der Waals surface area contributed by atoms with Gasteiger partial charge < -0.3 is 24.5 Å². The summed E-state index contributed by atoms with van der Waals surface area (Å²) < 4.78 is 5.13. The van der Waals surface area contributed by atoms with Crippen LogP contribution in [-0.4, -0.2) is 34.9 Å². The van der Waals surface area contributed by atoms with Crippen LogP contribution in [0.4, 0.5) is 0 Å². The first-order valence-electron chi connectivity index (χ1n) is 4.13. The molecule has 0 aliphatic heterocycles. The summed E-state index contributed by atoms with van der Waals surface area (Å²) in [5.74, 6) is 0. The molecule has 4 N–H and O–H groups in total. The zero-order chi connectivity index (χ0) is 11.3. The maximum Gasteiger partial charge on any atom is 0.526 e. The fraction of sp³-hybridized carbons (Fsp3) is 0. The molecular formula is C8H9B2O5. The number of furan rings is 1. The standard InChI is InChI=1S/C8H7BO3.BH2O2/c10-9(11)8-5-6-3-1-2-4-7(6)12-8;2-1-3/h1-5,10-11H;2-3H. The highest BCUT2D eigenvalue weighted by Gasteiger charge is 2.16. The van der Waals surface area contributed by atoms with Gasteiger partial charge in [-0.15, -0.1) is 0 Å². The van der Waals surface area contributed by atoms with Gasteiger partial charge in [0.25, 0.3) is 0 Å². The molecule has 1 aromatic heterocycles. The third-order valence-electron chi connectivity index (χ3n) is 1.70. The second-order valence-corrected chi connectivity index (χ2v) is 2.68. The Bertz CT molecular complexity index is 381. The van der Waals surface area contributed by atoms with Crippen molar-refractivity contribution in [2.75, 3.05) is 0 Å². The predicted molar refractivity (Wildman–Crippen MR) is 56.2 cm³/mol. The summed E-state index contributed by atoms with van der Waals surface area (Å²) in [6.07, 6.45) is 0. The third kappa shape index (κ3) is 3.10. The quantitative estimate of drug-likeness (QED) is 0.432. The van der Waals surface area contributed by atoms with Gasteiger partial charge in [-0.2, -0.15) is 0 Å². The summed E-state index contributed by atoms with van der Waals surface area (Å²) in [4.78, 5) is 0. The Hall–Kier alpha value is -1.27. The number of hydrogen-bond donors (Lipinski definition) is 4. The van der Waals surface area contributed by atoms with E-state index in [2.05, 4.69) is 0 Å². The number of rotatable bonds is 1. The largest absolute Gasteiger partial charge is 0.526 e. The number of para-hydroxylation sites is 1. The van der Waals surface area contributed by atoms with Crippen molar-refractivity contribution < 1.29 is 24.5 Å². The average molecular weight is 207 g/mol. The average Bonchev–Trinajstić information content (AvgIpc) is 2.62. The van der Waals surface area contributed by atoms with E-state index in [1.165, 1.54) is 0 Å². The van der Waals surface area contributed by atoms with Gasteiger partial charge in [-0.05, 0) is 12.1 Å². The molecule has 0 amide bonds. The Morgan fingerprint density at radius 2 is 1.73 bits per heavy atom. The Morgan fingerprint density at radius 1 is 1.13 bits per heavy atom. The lowest BCUT2D eigenvalue weighted by Gasteiger charge is -1.88. The third-order valence-corrected chi connectivity index (χ3v) is 1.70. The molecule has 2 rings (SSSR count). The minimum Gasteiger partial charge on any atom is -0.465 e. The lowest BCUT2D eigenvalue weighted by molar-refractivity contribution is 0.412. The summed E-state index contributed by atoms with van der Waals surface area (Å²) in [5.41, 5.74) is 0.844. The highest BCUT2D eigenvalue weighted by Crippen LogP contribution is 2.12. The van der Waals surface area contributed by atoms with Crippen LogP contribution in [0.25, 0.3) is 11.0 Å². The summed E-state index contributed by atoms with van der Waals surface area (Å²) in [6, 6.07) is 8.94. The van der Waals surface area contributed by atoms with Crippen molar-refractivity contribution in [3.8, 4) is 0 Å². The zero-order valence-electron chi connectivity index (χ0n) is 7.74. The monoisotopic (exact) mass is 207 g/mol. The first kappa shape index (κ1) is 11.8. The van der Waals surface area contributed by atoms with Gasteiger partial charge in [0.1, 0.15) is 11.2 Å². The minimum atomic E-state index is -1.53. The molecule has 1 radical (unpaired) electrons. The summed E-state index contributed by atoms with van der Waals surface area (Å²) in [7, 11) is -1.53. The number of benzene rings is 1. The molecule has 0 bridgehead atoms. The van der Waals surface area contributed by atoms with Gasteiger partial charge in [0.15, 0.2) is 0 Å². The van der Waals surface area contributed by atoms with E-state index in [1.807, 2.05) is 18.2 Å². The molecule has 0 spiro atoms. The van der Waals surface area contributed by atoms with Gasteiger partial charge >= 0.3 is 14.8 Å². The van der Waals surface area contributed by atoms with Crippen LogP contribution >= 0.6 is 0 Å². The molecule has 15 heavy (non-hydrogen) atoms. The lowest BCUT2D eigenvalue weighted by Crippen LogP contribution is -2.27. The summed E-state index contributed by atoms with van der Waals surface area (Å²) in [5, 5.41) is 32.4. The highest BCUT2D eigenvalue weighted by atomic mass is 16.4. The Kier molecular flexibility index (Phi) is 4.38. The molecule has 0 saturated carbocycles. The fourth-order valence-corrected chi connectivity index (χ4v) is 1.13. The fourth-order valence-electron chi connectivity index (χ4n) is 1.13. The molecule has 0 aliphatic carbocycles. The molecule has 1 aromatic carbocycles. The molecule has 2 aromatic rings. The van der Waals surface area contributed by atoms with Gasteiger partial charge in [0.2, 0.25) is 0 Å². The first-order chi connectivity index (χ1) is 7.19. The first-order valence-corrected chi connectivity index (χ1v) is 4.13. The van der Waals surface area contributed by atoms with Crippen LogP contribution in [0.15, 0.2) is 34.7 Å². The molecule has 0 atom stereocenters. The van der Waals surface area contributed by atoms with E-state index in [4.69, 9.17) is 24.5 Å². The molecule has 0 aliphatic rings. The van der Waals surface area contributed by atoms with Crippen LogP contribution < -0.4 is 5.66 Å². The minimum absolute atomic E-state index is 0. The van der Waals surface area contributed by atoms with Crippen molar-refractivity contribution in [2.24, 2.45) is 0 Å². The molecule has 5 nitrogen and oxygen atoms in total. The molecule has 7 heteroatoms. The van der Waals surface area contributed by atoms with E-state index in [1.54, 1.807) is 12.1 Å². The van der Waals surface area contributed by atoms with E-state index >= 15 is 0 Å². The van der Waals surface area contributed by atoms with Crippen molar-refractivity contribution in [1.82, 2.24) is 0 Å². The van der Waals surface area contributed by atoms with Crippen LogP contribution in [0.3, 0.4) is 0 Å². The molecule has 0 unspecified atom stereocenters. The van der Waals surface area contributed by atoms with E-state index < -0.39 is 7.12 Å². The second kappa shape index (κ2) is 5.57. The van der Waals surface area contributed by atoms with Gasteiger partial charge in [-0.3, -0.25) is 0 Å². The number of hydrogen-bond acceptors (Lipinski definition) is 5. The van der Waals surface area contributed by atoms with Crippen LogP contribution in [-0.2, 0) is 0 Å². The van der Waals surface area contributed by atoms with Gasteiger partial charge in [-0.1, -0.05) is 18.2 Å². The topological polar surface area (TPSA) is 94.1 Å². The van der Waals surface area contributed by atoms with Crippen molar-refractivity contribution in [2.45, 2.75) is 0 Å². The Labute approximate surface area is 87.0 Å². The maximum atomic E-state index is 8.79. The van der Waals surface area contributed by atoms with Gasteiger partial charge in [-0.25, -0.2) is 0 Å². The van der Waals surface area contributed by atoms with Gasteiger partial charge in [0.05, 0.1) is 0 Å². The van der Waals surface area contributed by atoms with Gasteiger partial charge in [0, 0.05) is 5.39 Å². The van der Waals surface area contributed by atoms with Crippen molar-refractivity contribution in [3.05, 3.63) is 30.3 Å². The van der Waals surface area contributed by atoms with Crippen LogP contribution in [0, 0.1) is 0 Å². The molecular weight excluding hydrogens is 198 g/mol. The van der Waals surface area contributed by atoms with Crippen molar-refractivity contribution >= 4 is 31.4 Å². The molecule has 77 valence electrons. The van der Waals surface area contributed by atoms with Crippen LogP contribution in [0.1, 0.15) is 0 Å². The van der Waals surface area contributed by atoms with Crippen LogP contribution in [0.5, 0.6) is 0 Å². The van der Waals surface area contributed by atoms with E-state index in [9.17, 15) is 0 Å². The molecule has 0 fully saturated rings. The predicted octanol–water partition coefficient (Wildman–Crippen LogP) is -1.38. The van der Waals surface area contributed by atoms with Crippen molar-refractivity contribution in [3.63, 3.8) is 0 Å². The normalized spacial score (nSPS) is 9.33. The van der Waals surface area contributed by atoms with E-state index in [-0.39, 0.29) is 13.3 Å². The second-order valence-electron chi connectivity index (χ2n) is 2.68. The zero-order valence-corrected chi connectivity index (χ0v) is 7.74. The lowest BCUT2D eigenvalue weighted by atomic mass is 9.88. The van der Waals surface area contributed by atoms with E-state index in [0.717, 1.165) is 5.39 Å². The maximum absolute atomic E-state index is 8.79. The highest BCUT2D eigenvalue weighted by molar-refractivity contribution is 6.57. The molecule has 0 saturated heterocycles. The van der Waals surface area contributed by atoms with E-state index in [0.29, 0.717) is 5.58 Å². The number of fused-ring (bicyclic) bond motifs is 1. The Morgan fingerprint density at radius 3 is 2.27 bits per heavy atom. The summed E-state index contributed by atoms with van der Waals surface area (Å²) >= 11 is 0. The van der Waals surface area contributed by atoms with Crippen LogP contribution in [0.2, 0.25) is 0 Å². The van der Waals surface area contributed by atoms with Crippen molar-refractivity contribution in [1.29, 1.82) is 0 Å². The summed E-state index contributed by atoms with van der Waals surface area (Å²) in [6.45, 7) is 0. The smallest absolute Gasteiger partial charge is 0.465 e. The molecule has 1 heterocycles. The Balaban J connectivity index is 0.000000337. The SMILES string of the molecule is OB(O)c1cc2ccccc2o1.O[B]O.